The molecule has 0 aromatic carbocycles. The van der Waals surface area contributed by atoms with Crippen LogP contribution in [0, 0.1) is 5.92 Å². The summed E-state index contributed by atoms with van der Waals surface area (Å²) >= 11 is 0. The SMILES string of the molecule is O=C(O)CCC(CC(=O)C(CCC(=O)O)NC(=O)CCCCC1CCSS1)C(=O)O. The van der Waals surface area contributed by atoms with E-state index in [1.165, 1.54) is 6.42 Å². The van der Waals surface area contributed by atoms with Crippen LogP contribution in [0.2, 0.25) is 0 Å². The Kier molecular flexibility index (Phi) is 12.5. The number of unbranched alkanes of at least 4 members (excludes halogenated alkanes) is 1. The van der Waals surface area contributed by atoms with Crippen molar-refractivity contribution < 1.29 is 39.3 Å². The molecule has 4 N–H and O–H groups in total. The van der Waals surface area contributed by atoms with E-state index >= 15 is 0 Å². The minimum absolute atomic E-state index is 0.138. The lowest BCUT2D eigenvalue weighted by atomic mass is 9.92. The van der Waals surface area contributed by atoms with Crippen molar-refractivity contribution in [3.05, 3.63) is 0 Å². The molecule has 3 unspecified atom stereocenters. The molecule has 0 bridgehead atoms. The Morgan fingerprint density at radius 3 is 2.17 bits per heavy atom. The molecule has 3 atom stereocenters. The maximum absolute atomic E-state index is 12.5. The molecule has 1 fully saturated rings. The van der Waals surface area contributed by atoms with Gasteiger partial charge in [-0.25, -0.2) is 0 Å². The number of carbonyl (C=O) groups excluding carboxylic acids is 2. The molecular formula is C19H29NO8S2. The highest BCUT2D eigenvalue weighted by Crippen LogP contribution is 2.39. The third-order valence-electron chi connectivity index (χ3n) is 4.78. The van der Waals surface area contributed by atoms with Gasteiger partial charge in [0.2, 0.25) is 5.91 Å². The molecular weight excluding hydrogens is 434 g/mol. The molecule has 1 aliphatic rings. The summed E-state index contributed by atoms with van der Waals surface area (Å²) < 4.78 is 0. The average Bonchev–Trinajstić information content (AvgIpc) is 3.18. The van der Waals surface area contributed by atoms with E-state index in [1.54, 1.807) is 0 Å². The van der Waals surface area contributed by atoms with Crippen molar-refractivity contribution in [1.29, 1.82) is 0 Å². The van der Waals surface area contributed by atoms with Crippen LogP contribution in [-0.2, 0) is 24.0 Å². The van der Waals surface area contributed by atoms with E-state index in [0.717, 1.165) is 18.6 Å². The van der Waals surface area contributed by atoms with Gasteiger partial charge in [0.05, 0.1) is 12.0 Å². The van der Waals surface area contributed by atoms with Crippen LogP contribution in [0.1, 0.15) is 64.2 Å². The predicted molar refractivity (Wildman–Crippen MR) is 113 cm³/mol. The van der Waals surface area contributed by atoms with Gasteiger partial charge in [0.15, 0.2) is 5.78 Å². The molecule has 0 saturated carbocycles. The van der Waals surface area contributed by atoms with E-state index in [-0.39, 0.29) is 31.6 Å². The third-order valence-corrected chi connectivity index (χ3v) is 7.79. The van der Waals surface area contributed by atoms with Crippen molar-refractivity contribution >= 4 is 51.2 Å². The minimum atomic E-state index is -1.30. The summed E-state index contributed by atoms with van der Waals surface area (Å²) in [5.74, 6) is -4.61. The van der Waals surface area contributed by atoms with E-state index in [2.05, 4.69) is 5.32 Å². The Morgan fingerprint density at radius 2 is 1.60 bits per heavy atom. The number of nitrogens with one attached hydrogen (secondary N) is 1. The molecule has 11 heteroatoms. The van der Waals surface area contributed by atoms with Crippen LogP contribution < -0.4 is 5.32 Å². The first-order chi connectivity index (χ1) is 14.2. The molecule has 0 radical (unpaired) electrons. The van der Waals surface area contributed by atoms with Crippen molar-refractivity contribution in [2.24, 2.45) is 5.92 Å². The fraction of sp³-hybridized carbons (Fsp3) is 0.737. The Morgan fingerprint density at radius 1 is 0.933 bits per heavy atom. The number of carbonyl (C=O) groups is 5. The lowest BCUT2D eigenvalue weighted by Crippen LogP contribution is -2.42. The number of ketones is 1. The number of carboxylic acid groups (broad SMARTS) is 3. The summed E-state index contributed by atoms with van der Waals surface area (Å²) in [5.41, 5.74) is 0. The first-order valence-electron chi connectivity index (χ1n) is 9.95. The van der Waals surface area contributed by atoms with Gasteiger partial charge in [0, 0.05) is 36.7 Å². The molecule has 0 aliphatic carbocycles. The van der Waals surface area contributed by atoms with Gasteiger partial charge < -0.3 is 20.6 Å². The summed E-state index contributed by atoms with van der Waals surface area (Å²) in [4.78, 5) is 57.6. The van der Waals surface area contributed by atoms with E-state index in [0.29, 0.717) is 11.7 Å². The van der Waals surface area contributed by atoms with Crippen molar-refractivity contribution in [2.45, 2.75) is 75.5 Å². The van der Waals surface area contributed by atoms with E-state index in [1.807, 2.05) is 21.6 Å². The molecule has 30 heavy (non-hydrogen) atoms. The number of amides is 1. The molecule has 0 aromatic heterocycles. The summed E-state index contributed by atoms with van der Waals surface area (Å²) in [7, 11) is 3.73. The zero-order chi connectivity index (χ0) is 22.5. The number of carboxylic acids is 3. The van der Waals surface area contributed by atoms with Crippen LogP contribution in [0.5, 0.6) is 0 Å². The summed E-state index contributed by atoms with van der Waals surface area (Å²) in [6.45, 7) is 0. The first-order valence-corrected chi connectivity index (χ1v) is 12.3. The maximum atomic E-state index is 12.5. The summed E-state index contributed by atoms with van der Waals surface area (Å²) in [6, 6.07) is -1.10. The van der Waals surface area contributed by atoms with Crippen molar-refractivity contribution in [1.82, 2.24) is 5.32 Å². The minimum Gasteiger partial charge on any atom is -0.481 e. The van der Waals surface area contributed by atoms with Gasteiger partial charge >= 0.3 is 17.9 Å². The number of Topliss-reactive ketones (excluding diaryl/α,β-unsaturated/α-hetero) is 1. The zero-order valence-corrected chi connectivity index (χ0v) is 18.3. The summed E-state index contributed by atoms with van der Waals surface area (Å²) in [5, 5.41) is 30.0. The fourth-order valence-corrected chi connectivity index (χ4v) is 6.09. The van der Waals surface area contributed by atoms with E-state index < -0.39 is 48.5 Å². The Labute approximate surface area is 183 Å². The van der Waals surface area contributed by atoms with E-state index in [4.69, 9.17) is 10.2 Å². The van der Waals surface area contributed by atoms with Gasteiger partial charge in [0.1, 0.15) is 0 Å². The van der Waals surface area contributed by atoms with Gasteiger partial charge in [-0.2, -0.15) is 0 Å². The molecule has 1 rings (SSSR count). The monoisotopic (exact) mass is 463 g/mol. The number of aliphatic carboxylic acids is 3. The topological polar surface area (TPSA) is 158 Å². The summed E-state index contributed by atoms with van der Waals surface area (Å²) in [6.07, 6.45) is 2.39. The fourth-order valence-electron chi connectivity index (χ4n) is 3.07. The second-order valence-corrected chi connectivity index (χ2v) is 10.1. The van der Waals surface area contributed by atoms with Crippen LogP contribution in [0.25, 0.3) is 0 Å². The number of hydrogen-bond acceptors (Lipinski definition) is 7. The molecule has 9 nitrogen and oxygen atoms in total. The van der Waals surface area contributed by atoms with Crippen LogP contribution in [0.15, 0.2) is 0 Å². The molecule has 1 saturated heterocycles. The quantitative estimate of drug-likeness (QED) is 0.198. The second kappa shape index (κ2) is 14.3. The predicted octanol–water partition coefficient (Wildman–Crippen LogP) is 2.57. The van der Waals surface area contributed by atoms with Crippen LogP contribution in [0.3, 0.4) is 0 Å². The second-order valence-electron chi connectivity index (χ2n) is 7.27. The average molecular weight is 464 g/mol. The lowest BCUT2D eigenvalue weighted by Gasteiger charge is -2.19. The smallest absolute Gasteiger partial charge is 0.306 e. The van der Waals surface area contributed by atoms with Gasteiger partial charge in [0.25, 0.3) is 0 Å². The molecule has 0 aromatic rings. The Bertz CT molecular complexity index is 622. The highest BCUT2D eigenvalue weighted by molar-refractivity contribution is 8.77. The van der Waals surface area contributed by atoms with Crippen LogP contribution in [-0.4, -0.2) is 62.0 Å². The van der Waals surface area contributed by atoms with Gasteiger partial charge in [-0.05, 0) is 32.1 Å². The molecule has 170 valence electrons. The normalized spacial score (nSPS) is 17.8. The molecule has 1 aliphatic heterocycles. The van der Waals surface area contributed by atoms with Crippen molar-refractivity contribution in [3.8, 4) is 0 Å². The van der Waals surface area contributed by atoms with Gasteiger partial charge in [-0.1, -0.05) is 28.0 Å². The molecule has 1 heterocycles. The number of rotatable bonds is 16. The molecule has 1 amide bonds. The van der Waals surface area contributed by atoms with E-state index in [9.17, 15) is 29.1 Å². The number of hydrogen-bond donors (Lipinski definition) is 4. The van der Waals surface area contributed by atoms with Gasteiger partial charge in [-0.15, -0.1) is 0 Å². The van der Waals surface area contributed by atoms with Gasteiger partial charge in [-0.3, -0.25) is 24.0 Å². The first kappa shape index (κ1) is 26.3. The highest BCUT2D eigenvalue weighted by atomic mass is 33.1. The largest absolute Gasteiger partial charge is 0.481 e. The van der Waals surface area contributed by atoms with Crippen molar-refractivity contribution in [3.63, 3.8) is 0 Å². The zero-order valence-electron chi connectivity index (χ0n) is 16.7. The Hall–Kier alpha value is -1.75. The third kappa shape index (κ3) is 11.4. The van der Waals surface area contributed by atoms with Crippen LogP contribution >= 0.6 is 21.6 Å². The van der Waals surface area contributed by atoms with Crippen LogP contribution in [0.4, 0.5) is 0 Å². The lowest BCUT2D eigenvalue weighted by molar-refractivity contribution is -0.145. The highest BCUT2D eigenvalue weighted by Gasteiger charge is 2.28. The standard InChI is InChI=1S/C19H29NO8S2/c21-15(11-12(19(27)28)5-7-17(23)24)14(6-8-18(25)26)20-16(22)4-2-1-3-13-9-10-29-30-13/h12-14H,1-11H2,(H,20,22)(H,23,24)(H,25,26)(H,27,28). The Balaban J connectivity index is 2.54. The molecule has 0 spiro atoms. The maximum Gasteiger partial charge on any atom is 0.306 e. The van der Waals surface area contributed by atoms with Crippen molar-refractivity contribution in [2.75, 3.05) is 5.75 Å².